The maximum atomic E-state index is 12.5. The highest BCUT2D eigenvalue weighted by Gasteiger charge is 2.29. The number of carbonyl (C=O) groups excluding carboxylic acids is 1. The van der Waals surface area contributed by atoms with Crippen LogP contribution < -0.4 is 5.32 Å². The zero-order valence-corrected chi connectivity index (χ0v) is 13.8. The van der Waals surface area contributed by atoms with E-state index in [1.54, 1.807) is 0 Å². The summed E-state index contributed by atoms with van der Waals surface area (Å²) in [5.74, 6) is 0.123. The Morgan fingerprint density at radius 1 is 1.40 bits per heavy atom. The lowest BCUT2D eigenvalue weighted by Gasteiger charge is -2.25. The minimum absolute atomic E-state index is 0. The van der Waals surface area contributed by atoms with E-state index in [9.17, 15) is 4.79 Å². The van der Waals surface area contributed by atoms with E-state index in [4.69, 9.17) is 0 Å². The van der Waals surface area contributed by atoms with E-state index >= 15 is 0 Å². The zero-order valence-electron chi connectivity index (χ0n) is 12.2. The number of halogens is 2. The quantitative estimate of drug-likeness (QED) is 0.930. The first-order valence-electron chi connectivity index (χ1n) is 6.53. The third-order valence-electron chi connectivity index (χ3n) is 3.53. The molecule has 0 spiro atoms. The highest BCUT2D eigenvalue weighted by atomic mass is 35.5. The predicted molar refractivity (Wildman–Crippen MR) is 86.2 cm³/mol. The van der Waals surface area contributed by atoms with Crippen LogP contribution in [0, 0.1) is 13.8 Å². The Labute approximate surface area is 133 Å². The SMILES string of the molecule is CNCC1CCCN1C(=O)c1ccc(C)nc1C.Cl.Cl. The van der Waals surface area contributed by atoms with Gasteiger partial charge in [-0.2, -0.15) is 0 Å². The average molecular weight is 320 g/mol. The number of carbonyl (C=O) groups is 1. The van der Waals surface area contributed by atoms with Gasteiger partial charge in [0.25, 0.3) is 5.91 Å². The van der Waals surface area contributed by atoms with Crippen LogP contribution in [0.2, 0.25) is 0 Å². The smallest absolute Gasteiger partial charge is 0.255 e. The number of hydrogen-bond donors (Lipinski definition) is 1. The fraction of sp³-hybridized carbons (Fsp3) is 0.571. The molecule has 6 heteroatoms. The number of rotatable bonds is 3. The van der Waals surface area contributed by atoms with Crippen molar-refractivity contribution < 1.29 is 4.79 Å². The number of hydrogen-bond acceptors (Lipinski definition) is 3. The second-order valence-corrected chi connectivity index (χ2v) is 4.94. The van der Waals surface area contributed by atoms with Crippen molar-refractivity contribution in [3.05, 3.63) is 29.1 Å². The van der Waals surface area contributed by atoms with Crippen LogP contribution >= 0.6 is 24.8 Å². The average Bonchev–Trinajstić information content (AvgIpc) is 2.77. The molecule has 1 unspecified atom stereocenters. The van der Waals surface area contributed by atoms with Crippen LogP contribution in [0.5, 0.6) is 0 Å². The molecule has 1 saturated heterocycles. The van der Waals surface area contributed by atoms with Gasteiger partial charge in [-0.15, -0.1) is 24.8 Å². The molecule has 2 rings (SSSR count). The molecule has 1 aliphatic rings. The second-order valence-electron chi connectivity index (χ2n) is 4.94. The Hall–Kier alpha value is -0.840. The molecule has 1 N–H and O–H groups in total. The summed E-state index contributed by atoms with van der Waals surface area (Å²) in [5.41, 5.74) is 2.52. The van der Waals surface area contributed by atoms with Gasteiger partial charge < -0.3 is 10.2 Å². The first-order valence-corrected chi connectivity index (χ1v) is 6.53. The van der Waals surface area contributed by atoms with Crippen molar-refractivity contribution in [1.29, 1.82) is 0 Å². The molecule has 0 radical (unpaired) electrons. The summed E-state index contributed by atoms with van der Waals surface area (Å²) in [5, 5.41) is 3.16. The summed E-state index contributed by atoms with van der Waals surface area (Å²) in [7, 11) is 1.93. The van der Waals surface area contributed by atoms with Crippen molar-refractivity contribution in [2.24, 2.45) is 0 Å². The normalized spacial score (nSPS) is 17.4. The minimum atomic E-state index is 0. The number of nitrogens with one attached hydrogen (secondary N) is 1. The molecule has 1 aliphatic heterocycles. The maximum Gasteiger partial charge on any atom is 0.255 e. The standard InChI is InChI=1S/C14H21N3O.2ClH/c1-10-6-7-13(11(2)16-10)14(18)17-8-4-5-12(17)9-15-3;;/h6-7,12,15H,4-5,8-9H2,1-3H3;2*1H. The molecule has 1 fully saturated rings. The van der Waals surface area contributed by atoms with E-state index in [1.165, 1.54) is 0 Å². The predicted octanol–water partition coefficient (Wildman–Crippen LogP) is 2.37. The number of aryl methyl sites for hydroxylation is 2. The molecule has 4 nitrogen and oxygen atoms in total. The fourth-order valence-corrected chi connectivity index (χ4v) is 2.62. The third kappa shape index (κ3) is 4.08. The Morgan fingerprint density at radius 2 is 2.10 bits per heavy atom. The molecule has 0 aliphatic carbocycles. The van der Waals surface area contributed by atoms with E-state index in [0.29, 0.717) is 6.04 Å². The lowest BCUT2D eigenvalue weighted by Crippen LogP contribution is -2.41. The monoisotopic (exact) mass is 319 g/mol. The van der Waals surface area contributed by atoms with Crippen molar-refractivity contribution in [2.75, 3.05) is 20.1 Å². The van der Waals surface area contributed by atoms with E-state index in [-0.39, 0.29) is 30.7 Å². The van der Waals surface area contributed by atoms with Crippen molar-refractivity contribution in [1.82, 2.24) is 15.2 Å². The van der Waals surface area contributed by atoms with Crippen LogP contribution in [0.1, 0.15) is 34.6 Å². The van der Waals surface area contributed by atoms with Crippen LogP contribution in [-0.4, -0.2) is 42.0 Å². The van der Waals surface area contributed by atoms with Gasteiger partial charge in [-0.1, -0.05) is 0 Å². The molecule has 2 heterocycles. The van der Waals surface area contributed by atoms with Gasteiger partial charge in [0, 0.05) is 24.8 Å². The summed E-state index contributed by atoms with van der Waals surface area (Å²) >= 11 is 0. The Kier molecular flexibility index (Phi) is 8.09. The number of nitrogens with zero attached hydrogens (tertiary/aromatic N) is 2. The molecule has 1 amide bonds. The Balaban J connectivity index is 0.00000180. The molecule has 1 atom stereocenters. The molecule has 0 bridgehead atoms. The van der Waals surface area contributed by atoms with E-state index in [1.807, 2.05) is 37.9 Å². The van der Waals surface area contributed by atoms with Crippen molar-refractivity contribution in [2.45, 2.75) is 32.7 Å². The fourth-order valence-electron chi connectivity index (χ4n) is 2.62. The highest BCUT2D eigenvalue weighted by Crippen LogP contribution is 2.20. The first-order chi connectivity index (χ1) is 8.63. The molecular weight excluding hydrogens is 297 g/mol. The van der Waals surface area contributed by atoms with Crippen molar-refractivity contribution >= 4 is 30.7 Å². The molecule has 114 valence electrons. The summed E-state index contributed by atoms with van der Waals surface area (Å²) in [6, 6.07) is 4.13. The summed E-state index contributed by atoms with van der Waals surface area (Å²) in [6.45, 7) is 5.58. The van der Waals surface area contributed by atoms with Gasteiger partial charge in [0.05, 0.1) is 11.3 Å². The highest BCUT2D eigenvalue weighted by molar-refractivity contribution is 5.95. The van der Waals surface area contributed by atoms with Crippen LogP contribution in [0.25, 0.3) is 0 Å². The van der Waals surface area contributed by atoms with Gasteiger partial charge in [-0.25, -0.2) is 0 Å². The van der Waals surface area contributed by atoms with Gasteiger partial charge in [0.15, 0.2) is 0 Å². The lowest BCUT2D eigenvalue weighted by atomic mass is 10.1. The lowest BCUT2D eigenvalue weighted by molar-refractivity contribution is 0.0736. The van der Waals surface area contributed by atoms with E-state index < -0.39 is 0 Å². The number of likely N-dealkylation sites (tertiary alicyclic amines) is 1. The number of pyridine rings is 1. The summed E-state index contributed by atoms with van der Waals surface area (Å²) in [4.78, 5) is 18.9. The maximum absolute atomic E-state index is 12.5. The largest absolute Gasteiger partial charge is 0.334 e. The second kappa shape index (κ2) is 8.45. The third-order valence-corrected chi connectivity index (χ3v) is 3.53. The van der Waals surface area contributed by atoms with Gasteiger partial charge >= 0.3 is 0 Å². The first kappa shape index (κ1) is 19.2. The topological polar surface area (TPSA) is 45.2 Å². The molecule has 0 aromatic carbocycles. The molecular formula is C14H23Cl2N3O. The van der Waals surface area contributed by atoms with Gasteiger partial charge in [-0.05, 0) is 45.9 Å². The summed E-state index contributed by atoms with van der Waals surface area (Å²) in [6.07, 6.45) is 2.18. The zero-order chi connectivity index (χ0) is 13.1. The Morgan fingerprint density at radius 3 is 2.70 bits per heavy atom. The van der Waals surface area contributed by atoms with Crippen LogP contribution in [0.4, 0.5) is 0 Å². The van der Waals surface area contributed by atoms with Gasteiger partial charge in [0.1, 0.15) is 0 Å². The summed E-state index contributed by atoms with van der Waals surface area (Å²) < 4.78 is 0. The van der Waals surface area contributed by atoms with Crippen LogP contribution in [-0.2, 0) is 0 Å². The van der Waals surface area contributed by atoms with E-state index in [2.05, 4.69) is 10.3 Å². The Bertz CT molecular complexity index is 454. The van der Waals surface area contributed by atoms with Crippen molar-refractivity contribution in [3.8, 4) is 0 Å². The van der Waals surface area contributed by atoms with Crippen molar-refractivity contribution in [3.63, 3.8) is 0 Å². The number of aromatic nitrogens is 1. The van der Waals surface area contributed by atoms with E-state index in [0.717, 1.165) is 42.9 Å². The van der Waals surface area contributed by atoms with Crippen LogP contribution in [0.15, 0.2) is 12.1 Å². The number of likely N-dealkylation sites (N-methyl/N-ethyl adjacent to an activating group) is 1. The molecule has 20 heavy (non-hydrogen) atoms. The molecule has 1 aromatic heterocycles. The van der Waals surface area contributed by atoms with Gasteiger partial charge in [0.2, 0.25) is 0 Å². The number of amides is 1. The van der Waals surface area contributed by atoms with Crippen LogP contribution in [0.3, 0.4) is 0 Å². The minimum Gasteiger partial charge on any atom is -0.334 e. The molecule has 0 saturated carbocycles. The molecule has 1 aromatic rings. The van der Waals surface area contributed by atoms with Gasteiger partial charge in [-0.3, -0.25) is 9.78 Å².